The van der Waals surface area contributed by atoms with Crippen molar-refractivity contribution in [3.05, 3.63) is 0 Å². The molecule has 4 heteroatoms. The molecule has 0 aromatic rings. The van der Waals surface area contributed by atoms with Gasteiger partial charge in [0.05, 0.1) is 0 Å². The topological polar surface area (TPSA) is 70.6 Å². The van der Waals surface area contributed by atoms with Crippen molar-refractivity contribution in [1.82, 2.24) is 5.32 Å². The van der Waals surface area contributed by atoms with E-state index in [-0.39, 0.29) is 5.92 Å². The lowest BCUT2D eigenvalue weighted by Crippen LogP contribution is -2.25. The van der Waals surface area contributed by atoms with E-state index in [1.165, 1.54) is 0 Å². The molecule has 4 nitrogen and oxygen atoms in total. The van der Waals surface area contributed by atoms with Crippen LogP contribution in [-0.2, 0) is 0 Å². The molecule has 1 unspecified atom stereocenters. The number of nitrogens with zero attached hydrogens (tertiary/aromatic N) is 1. The zero-order valence-corrected chi connectivity index (χ0v) is 5.17. The van der Waals surface area contributed by atoms with Gasteiger partial charge in [-0.25, -0.2) is 0 Å². The Kier molecular flexibility index (Phi) is 1.89. The largest absolute Gasteiger partial charge is 0.409 e. The van der Waals surface area contributed by atoms with E-state index in [1.54, 1.807) is 0 Å². The molecule has 1 rings (SSSR count). The lowest BCUT2D eigenvalue weighted by atomic mass is 10.1. The summed E-state index contributed by atoms with van der Waals surface area (Å²) < 4.78 is 0. The highest BCUT2D eigenvalue weighted by atomic mass is 16.4. The molecule has 1 fully saturated rings. The molecule has 52 valence electrons. The second kappa shape index (κ2) is 2.68. The summed E-state index contributed by atoms with van der Waals surface area (Å²) in [6, 6.07) is 0. The molecule has 4 N–H and O–H groups in total. The van der Waals surface area contributed by atoms with Crippen LogP contribution in [0.1, 0.15) is 6.42 Å². The normalized spacial score (nSPS) is 28.9. The van der Waals surface area contributed by atoms with Crippen molar-refractivity contribution in [3.8, 4) is 0 Å². The summed E-state index contributed by atoms with van der Waals surface area (Å²) in [5.74, 6) is 0.593. The predicted octanol–water partition coefficient (Wildman–Crippen LogP) is -0.658. The van der Waals surface area contributed by atoms with E-state index in [2.05, 4.69) is 10.5 Å². The Morgan fingerprint density at radius 1 is 1.78 bits per heavy atom. The minimum absolute atomic E-state index is 0.245. The number of hydrogen-bond acceptors (Lipinski definition) is 3. The zero-order chi connectivity index (χ0) is 6.69. The summed E-state index contributed by atoms with van der Waals surface area (Å²) in [5.41, 5.74) is 5.34. The van der Waals surface area contributed by atoms with Crippen LogP contribution in [0.4, 0.5) is 0 Å². The van der Waals surface area contributed by atoms with Crippen molar-refractivity contribution in [2.45, 2.75) is 6.42 Å². The maximum absolute atomic E-state index is 8.23. The van der Waals surface area contributed by atoms with Gasteiger partial charge in [0.25, 0.3) is 0 Å². The lowest BCUT2D eigenvalue weighted by Gasteiger charge is -2.02. The molecular formula is C5H11N3O. The number of oxime groups is 1. The van der Waals surface area contributed by atoms with Crippen LogP contribution in [0, 0.1) is 5.92 Å². The number of rotatable bonds is 1. The average Bonchev–Trinajstić information content (AvgIpc) is 2.37. The molecule has 1 atom stereocenters. The minimum atomic E-state index is 0.245. The van der Waals surface area contributed by atoms with Crippen LogP contribution in [0.25, 0.3) is 0 Å². The van der Waals surface area contributed by atoms with Crippen LogP contribution >= 0.6 is 0 Å². The van der Waals surface area contributed by atoms with E-state index >= 15 is 0 Å². The molecule has 0 radical (unpaired) electrons. The predicted molar refractivity (Wildman–Crippen MR) is 34.4 cm³/mol. The Hall–Kier alpha value is -0.770. The highest BCUT2D eigenvalue weighted by Crippen LogP contribution is 2.05. The molecule has 9 heavy (non-hydrogen) atoms. The lowest BCUT2D eigenvalue weighted by molar-refractivity contribution is 0.314. The highest BCUT2D eigenvalue weighted by Gasteiger charge is 2.17. The van der Waals surface area contributed by atoms with Crippen LogP contribution in [0.2, 0.25) is 0 Å². The van der Waals surface area contributed by atoms with Crippen LogP contribution in [0.3, 0.4) is 0 Å². The fourth-order valence-electron chi connectivity index (χ4n) is 0.989. The Morgan fingerprint density at radius 3 is 3.00 bits per heavy atom. The fraction of sp³-hybridized carbons (Fsp3) is 0.800. The summed E-state index contributed by atoms with van der Waals surface area (Å²) in [6.07, 6.45) is 0.982. The van der Waals surface area contributed by atoms with Crippen molar-refractivity contribution >= 4 is 5.84 Å². The van der Waals surface area contributed by atoms with Crippen molar-refractivity contribution < 1.29 is 5.21 Å². The van der Waals surface area contributed by atoms with Gasteiger partial charge in [0, 0.05) is 12.5 Å². The van der Waals surface area contributed by atoms with Gasteiger partial charge in [-0.15, -0.1) is 0 Å². The van der Waals surface area contributed by atoms with E-state index in [0.29, 0.717) is 5.84 Å². The van der Waals surface area contributed by atoms with Gasteiger partial charge in [-0.1, -0.05) is 5.16 Å². The van der Waals surface area contributed by atoms with Gasteiger partial charge < -0.3 is 16.3 Å². The number of nitrogens with one attached hydrogen (secondary N) is 1. The van der Waals surface area contributed by atoms with E-state index < -0.39 is 0 Å². The maximum Gasteiger partial charge on any atom is 0.143 e. The first-order valence-electron chi connectivity index (χ1n) is 3.02. The van der Waals surface area contributed by atoms with Crippen LogP contribution in [0.15, 0.2) is 5.16 Å². The van der Waals surface area contributed by atoms with Crippen molar-refractivity contribution in [3.63, 3.8) is 0 Å². The molecule has 0 amide bonds. The van der Waals surface area contributed by atoms with E-state index in [0.717, 1.165) is 19.5 Å². The maximum atomic E-state index is 8.23. The Labute approximate surface area is 53.7 Å². The molecule has 1 saturated heterocycles. The van der Waals surface area contributed by atoms with Crippen LogP contribution in [-0.4, -0.2) is 24.1 Å². The monoisotopic (exact) mass is 129 g/mol. The van der Waals surface area contributed by atoms with Gasteiger partial charge in [-0.05, 0) is 13.0 Å². The Morgan fingerprint density at radius 2 is 2.56 bits per heavy atom. The van der Waals surface area contributed by atoms with Gasteiger partial charge >= 0.3 is 0 Å². The van der Waals surface area contributed by atoms with Gasteiger partial charge in [-0.3, -0.25) is 0 Å². The molecule has 0 aliphatic carbocycles. The van der Waals surface area contributed by atoms with Crippen LogP contribution < -0.4 is 11.1 Å². The second-order valence-corrected chi connectivity index (χ2v) is 2.21. The van der Waals surface area contributed by atoms with Gasteiger partial charge in [0.1, 0.15) is 5.84 Å². The second-order valence-electron chi connectivity index (χ2n) is 2.21. The summed E-state index contributed by atoms with van der Waals surface area (Å²) in [5, 5.41) is 14.3. The van der Waals surface area contributed by atoms with Gasteiger partial charge in [0.15, 0.2) is 0 Å². The van der Waals surface area contributed by atoms with Crippen LogP contribution in [0.5, 0.6) is 0 Å². The minimum Gasteiger partial charge on any atom is -0.409 e. The first-order valence-corrected chi connectivity index (χ1v) is 3.02. The summed E-state index contributed by atoms with van der Waals surface area (Å²) >= 11 is 0. The zero-order valence-electron chi connectivity index (χ0n) is 5.17. The number of nitrogens with two attached hydrogens (primary N) is 1. The first kappa shape index (κ1) is 6.35. The third-order valence-corrected chi connectivity index (χ3v) is 1.59. The third kappa shape index (κ3) is 1.32. The Balaban J connectivity index is 2.42. The first-order chi connectivity index (χ1) is 4.34. The SMILES string of the molecule is N/C(=N\O)C1CCNC1. The van der Waals surface area contributed by atoms with Crippen molar-refractivity contribution in [2.75, 3.05) is 13.1 Å². The highest BCUT2D eigenvalue weighted by molar-refractivity contribution is 5.82. The molecular weight excluding hydrogens is 118 g/mol. The molecule has 0 aromatic heterocycles. The molecule has 1 aliphatic rings. The fourth-order valence-corrected chi connectivity index (χ4v) is 0.989. The smallest absolute Gasteiger partial charge is 0.143 e. The number of hydrogen-bond donors (Lipinski definition) is 3. The number of amidine groups is 1. The van der Waals surface area contributed by atoms with E-state index in [4.69, 9.17) is 10.9 Å². The average molecular weight is 129 g/mol. The summed E-state index contributed by atoms with van der Waals surface area (Å²) in [6.45, 7) is 1.82. The van der Waals surface area contributed by atoms with E-state index in [9.17, 15) is 0 Å². The molecule has 1 aliphatic heterocycles. The summed E-state index contributed by atoms with van der Waals surface area (Å²) in [4.78, 5) is 0. The summed E-state index contributed by atoms with van der Waals surface area (Å²) in [7, 11) is 0. The van der Waals surface area contributed by atoms with Crippen molar-refractivity contribution in [1.29, 1.82) is 0 Å². The van der Waals surface area contributed by atoms with Crippen molar-refractivity contribution in [2.24, 2.45) is 16.8 Å². The molecule has 0 spiro atoms. The van der Waals surface area contributed by atoms with Gasteiger partial charge in [-0.2, -0.15) is 0 Å². The molecule has 0 saturated carbocycles. The molecule has 1 heterocycles. The van der Waals surface area contributed by atoms with E-state index in [1.807, 2.05) is 0 Å². The molecule has 0 aromatic carbocycles. The molecule has 0 bridgehead atoms. The standard InChI is InChI=1S/C5H11N3O/c6-5(8-9)4-1-2-7-3-4/h4,7,9H,1-3H2,(H2,6,8). The van der Waals surface area contributed by atoms with Gasteiger partial charge in [0.2, 0.25) is 0 Å². The quantitative estimate of drug-likeness (QED) is 0.190. The Bertz CT molecular complexity index is 117. The third-order valence-electron chi connectivity index (χ3n) is 1.59.